The summed E-state index contributed by atoms with van der Waals surface area (Å²) in [5.41, 5.74) is -0.116. The summed E-state index contributed by atoms with van der Waals surface area (Å²) in [5.74, 6) is -0.188. The lowest BCUT2D eigenvalue weighted by molar-refractivity contribution is -0.136. The van der Waals surface area contributed by atoms with E-state index in [0.717, 1.165) is 6.07 Å². The maximum absolute atomic E-state index is 13.8. The first kappa shape index (κ1) is 22.0. The lowest BCUT2D eigenvalue weighted by Crippen LogP contribution is -2.39. The molecule has 0 N–H and O–H groups in total. The summed E-state index contributed by atoms with van der Waals surface area (Å²) in [5, 5.41) is 3.84. The molecule has 1 fully saturated rings. The molecule has 4 rings (SSSR count). The lowest BCUT2D eigenvalue weighted by atomic mass is 9.91. The van der Waals surface area contributed by atoms with Gasteiger partial charge < -0.3 is 14.3 Å². The molecule has 3 aromatic rings. The smallest absolute Gasteiger partial charge is 0.347 e. The van der Waals surface area contributed by atoms with Gasteiger partial charge in [-0.25, -0.2) is 15.0 Å². The highest BCUT2D eigenvalue weighted by Gasteiger charge is 2.38. The second kappa shape index (κ2) is 8.36. The number of carbonyl (C=O) groups excluding carboxylic acids is 1. The third kappa shape index (κ3) is 4.11. The Balaban J connectivity index is 1.64. The topological polar surface area (TPSA) is 88.3 Å². The predicted molar refractivity (Wildman–Crippen MR) is 110 cm³/mol. The average Bonchev–Trinajstić information content (AvgIpc) is 3.21. The van der Waals surface area contributed by atoms with Crippen LogP contribution in [0.4, 0.5) is 19.1 Å². The number of rotatable bonds is 4. The number of carbonyl (C=O) groups is 1. The molecule has 11 heteroatoms. The maximum Gasteiger partial charge on any atom is 0.417 e. The fraction of sp³-hybridized carbons (Fsp3) is 0.476. The first-order valence-electron chi connectivity index (χ1n) is 10.3. The molecule has 8 nitrogen and oxygen atoms in total. The SMILES string of the molecule is CCc1cc(C(F)(F)F)c2c([C@H]3CCCN(C(=O)c4cnc(N(C)C)nc4)C3)noc2n1. The van der Waals surface area contributed by atoms with E-state index < -0.39 is 17.7 Å². The van der Waals surface area contributed by atoms with Crippen LogP contribution in [0.3, 0.4) is 0 Å². The standard InChI is InChI=1S/C21H23F3N6O2/c1-4-14-8-15(21(22,23)24)16-17(28-32-18(16)27-14)12-6-5-7-30(11-12)19(31)13-9-25-20(26-10-13)29(2)3/h8-10,12H,4-7,11H2,1-3H3/t12-/m0/s1. The number of hydrogen-bond acceptors (Lipinski definition) is 7. The van der Waals surface area contributed by atoms with Crippen molar-refractivity contribution >= 4 is 23.0 Å². The summed E-state index contributed by atoms with van der Waals surface area (Å²) in [6.07, 6.45) is -0.0937. The molecular weight excluding hydrogens is 425 g/mol. The number of likely N-dealkylation sites (tertiary alicyclic amines) is 1. The molecule has 1 aliphatic rings. The highest BCUT2D eigenvalue weighted by molar-refractivity contribution is 5.94. The molecule has 4 heterocycles. The number of nitrogens with zero attached hydrogens (tertiary/aromatic N) is 6. The number of amides is 1. The van der Waals surface area contributed by atoms with E-state index in [1.165, 1.54) is 12.4 Å². The van der Waals surface area contributed by atoms with Crippen molar-refractivity contribution in [3.8, 4) is 0 Å². The summed E-state index contributed by atoms with van der Waals surface area (Å²) in [6, 6.07) is 1.05. The molecule has 0 aliphatic carbocycles. The van der Waals surface area contributed by atoms with Crippen LogP contribution in [0.1, 0.15) is 53.0 Å². The summed E-state index contributed by atoms with van der Waals surface area (Å²) >= 11 is 0. The monoisotopic (exact) mass is 448 g/mol. The molecule has 0 bridgehead atoms. The summed E-state index contributed by atoms with van der Waals surface area (Å²) < 4.78 is 46.6. The van der Waals surface area contributed by atoms with Crippen molar-refractivity contribution in [2.75, 3.05) is 32.1 Å². The number of halogens is 3. The Kier molecular flexibility index (Phi) is 5.74. The number of alkyl halides is 3. The third-order valence-corrected chi connectivity index (χ3v) is 5.57. The minimum Gasteiger partial charge on any atom is -0.347 e. The van der Waals surface area contributed by atoms with Gasteiger partial charge >= 0.3 is 6.18 Å². The molecule has 1 aliphatic heterocycles. The Labute approximate surface area is 182 Å². The van der Waals surface area contributed by atoms with E-state index in [1.54, 1.807) is 30.8 Å². The van der Waals surface area contributed by atoms with Crippen LogP contribution >= 0.6 is 0 Å². The van der Waals surface area contributed by atoms with Gasteiger partial charge in [-0.1, -0.05) is 12.1 Å². The van der Waals surface area contributed by atoms with Crippen molar-refractivity contribution < 1.29 is 22.5 Å². The van der Waals surface area contributed by atoms with Crippen LogP contribution in [0.15, 0.2) is 23.0 Å². The molecule has 1 saturated heterocycles. The molecule has 1 atom stereocenters. The van der Waals surface area contributed by atoms with E-state index >= 15 is 0 Å². The Hall–Kier alpha value is -3.24. The van der Waals surface area contributed by atoms with Gasteiger partial charge in [-0.3, -0.25) is 4.79 Å². The van der Waals surface area contributed by atoms with Gasteiger partial charge in [-0.2, -0.15) is 13.2 Å². The van der Waals surface area contributed by atoms with Crippen LogP contribution < -0.4 is 4.90 Å². The zero-order valence-corrected chi connectivity index (χ0v) is 18.0. The molecule has 1 amide bonds. The molecule has 0 unspecified atom stereocenters. The second-order valence-electron chi connectivity index (χ2n) is 8.02. The molecular formula is C21H23F3N6O2. The van der Waals surface area contributed by atoms with Crippen LogP contribution in [-0.4, -0.2) is 58.1 Å². The van der Waals surface area contributed by atoms with E-state index in [-0.39, 0.29) is 34.9 Å². The van der Waals surface area contributed by atoms with Crippen LogP contribution in [0.25, 0.3) is 11.1 Å². The largest absolute Gasteiger partial charge is 0.417 e. The average molecular weight is 448 g/mol. The predicted octanol–water partition coefficient (Wildman–Crippen LogP) is 3.68. The Morgan fingerprint density at radius 3 is 2.62 bits per heavy atom. The van der Waals surface area contributed by atoms with Crippen LogP contribution in [0, 0.1) is 0 Å². The first-order valence-corrected chi connectivity index (χ1v) is 10.3. The number of piperidine rings is 1. The Bertz CT molecular complexity index is 1130. The van der Waals surface area contributed by atoms with Gasteiger partial charge in [0.15, 0.2) is 0 Å². The van der Waals surface area contributed by atoms with E-state index in [4.69, 9.17) is 4.52 Å². The van der Waals surface area contributed by atoms with Gasteiger partial charge in [0, 0.05) is 51.2 Å². The van der Waals surface area contributed by atoms with Crippen LogP contribution in [-0.2, 0) is 12.6 Å². The fourth-order valence-electron chi connectivity index (χ4n) is 3.94. The molecule has 32 heavy (non-hydrogen) atoms. The van der Waals surface area contributed by atoms with Crippen molar-refractivity contribution in [3.05, 3.63) is 41.0 Å². The maximum atomic E-state index is 13.8. The van der Waals surface area contributed by atoms with E-state index in [0.29, 0.717) is 37.3 Å². The number of aryl methyl sites for hydroxylation is 1. The van der Waals surface area contributed by atoms with Gasteiger partial charge in [0.25, 0.3) is 11.6 Å². The van der Waals surface area contributed by atoms with Gasteiger partial charge in [-0.05, 0) is 25.3 Å². The molecule has 0 spiro atoms. The summed E-state index contributed by atoms with van der Waals surface area (Å²) in [4.78, 5) is 28.8. The highest BCUT2D eigenvalue weighted by Crippen LogP contribution is 2.40. The molecule has 3 aromatic heterocycles. The number of aromatic nitrogens is 4. The van der Waals surface area contributed by atoms with Crippen LogP contribution in [0.5, 0.6) is 0 Å². The number of anilines is 1. The minimum absolute atomic E-state index is 0.118. The second-order valence-corrected chi connectivity index (χ2v) is 8.02. The molecule has 0 aromatic carbocycles. The Morgan fingerprint density at radius 2 is 2.00 bits per heavy atom. The van der Waals surface area contributed by atoms with Gasteiger partial charge in [0.2, 0.25) is 5.95 Å². The van der Waals surface area contributed by atoms with Gasteiger partial charge in [0.05, 0.1) is 22.2 Å². The quantitative estimate of drug-likeness (QED) is 0.602. The van der Waals surface area contributed by atoms with Gasteiger partial charge in [0.1, 0.15) is 0 Å². The molecule has 0 saturated carbocycles. The third-order valence-electron chi connectivity index (χ3n) is 5.57. The lowest BCUT2D eigenvalue weighted by Gasteiger charge is -2.32. The number of hydrogen-bond donors (Lipinski definition) is 0. The summed E-state index contributed by atoms with van der Waals surface area (Å²) in [7, 11) is 3.59. The minimum atomic E-state index is -4.57. The van der Waals surface area contributed by atoms with Crippen LogP contribution in [0.2, 0.25) is 0 Å². The van der Waals surface area contributed by atoms with E-state index in [9.17, 15) is 18.0 Å². The fourth-order valence-corrected chi connectivity index (χ4v) is 3.94. The van der Waals surface area contributed by atoms with Gasteiger partial charge in [-0.15, -0.1) is 0 Å². The van der Waals surface area contributed by atoms with Crippen molar-refractivity contribution in [2.45, 2.75) is 38.3 Å². The van der Waals surface area contributed by atoms with Crippen molar-refractivity contribution in [1.29, 1.82) is 0 Å². The van der Waals surface area contributed by atoms with Crippen molar-refractivity contribution in [3.63, 3.8) is 0 Å². The number of fused-ring (bicyclic) bond motifs is 1. The molecule has 0 radical (unpaired) electrons. The summed E-state index contributed by atoms with van der Waals surface area (Å²) in [6.45, 7) is 2.44. The zero-order chi connectivity index (χ0) is 23.0. The zero-order valence-electron chi connectivity index (χ0n) is 18.0. The van der Waals surface area contributed by atoms with E-state index in [2.05, 4.69) is 20.1 Å². The van der Waals surface area contributed by atoms with Crippen molar-refractivity contribution in [2.24, 2.45) is 0 Å². The first-order chi connectivity index (χ1) is 15.2. The normalized spacial score (nSPS) is 17.1. The van der Waals surface area contributed by atoms with Crippen molar-refractivity contribution in [1.82, 2.24) is 25.0 Å². The highest BCUT2D eigenvalue weighted by atomic mass is 19.4. The van der Waals surface area contributed by atoms with E-state index in [1.807, 2.05) is 0 Å². The number of pyridine rings is 1. The molecule has 170 valence electrons. The Morgan fingerprint density at radius 1 is 1.28 bits per heavy atom.